The summed E-state index contributed by atoms with van der Waals surface area (Å²) < 4.78 is 24.3. The quantitative estimate of drug-likeness (QED) is 0.475. The van der Waals surface area contributed by atoms with Crippen LogP contribution < -0.4 is 4.74 Å². The molecule has 2 amide bonds. The molecule has 1 aliphatic rings. The van der Waals surface area contributed by atoms with E-state index in [4.69, 9.17) is 9.47 Å². The van der Waals surface area contributed by atoms with E-state index in [9.17, 15) is 18.8 Å². The van der Waals surface area contributed by atoms with Crippen LogP contribution in [0, 0.1) is 5.82 Å². The Labute approximate surface area is 169 Å². The maximum Gasteiger partial charge on any atom is 0.306 e. The van der Waals surface area contributed by atoms with Crippen molar-refractivity contribution in [3.05, 3.63) is 63.4 Å². The highest BCUT2D eigenvalue weighted by Crippen LogP contribution is 2.26. The van der Waals surface area contributed by atoms with Crippen molar-refractivity contribution in [1.82, 2.24) is 4.90 Å². The smallest absolute Gasteiger partial charge is 0.306 e. The lowest BCUT2D eigenvalue weighted by Gasteiger charge is -2.13. The maximum absolute atomic E-state index is 13.3. The number of hydrogen-bond acceptors (Lipinski definition) is 5. The SMILES string of the molecule is COc1ccc(F)cc1COC(=O)CCCN1C(=O)c2ccc(Br)cc2C1=O. The molecule has 0 aromatic heterocycles. The Balaban J connectivity index is 1.51. The molecule has 0 saturated heterocycles. The first-order valence-corrected chi connectivity index (χ1v) is 9.34. The van der Waals surface area contributed by atoms with Gasteiger partial charge in [0, 0.05) is 23.0 Å². The number of rotatable bonds is 7. The summed E-state index contributed by atoms with van der Waals surface area (Å²) in [5.41, 5.74) is 1.12. The molecule has 0 saturated carbocycles. The van der Waals surface area contributed by atoms with E-state index in [0.717, 1.165) is 4.90 Å². The summed E-state index contributed by atoms with van der Waals surface area (Å²) in [6.07, 6.45) is 0.292. The Morgan fingerprint density at radius 3 is 2.61 bits per heavy atom. The molecule has 0 spiro atoms. The fourth-order valence-corrected chi connectivity index (χ4v) is 3.30. The van der Waals surface area contributed by atoms with Crippen LogP contribution in [0.15, 0.2) is 40.9 Å². The van der Waals surface area contributed by atoms with Gasteiger partial charge in [-0.25, -0.2) is 4.39 Å². The van der Waals surface area contributed by atoms with Crippen LogP contribution in [0.4, 0.5) is 4.39 Å². The van der Waals surface area contributed by atoms with Crippen molar-refractivity contribution in [3.8, 4) is 5.75 Å². The predicted molar refractivity (Wildman–Crippen MR) is 101 cm³/mol. The van der Waals surface area contributed by atoms with E-state index in [1.165, 1.54) is 25.3 Å². The standard InChI is InChI=1S/C20H17BrFNO5/c1-27-17-7-5-14(22)9-12(17)11-28-18(24)3-2-8-23-19(25)15-6-4-13(21)10-16(15)20(23)26/h4-7,9-10H,2-3,8,11H2,1H3. The summed E-state index contributed by atoms with van der Waals surface area (Å²) in [4.78, 5) is 37.8. The van der Waals surface area contributed by atoms with Gasteiger partial charge in [0.2, 0.25) is 0 Å². The summed E-state index contributed by atoms with van der Waals surface area (Å²) in [5.74, 6) is -1.29. The summed E-state index contributed by atoms with van der Waals surface area (Å²) >= 11 is 3.28. The largest absolute Gasteiger partial charge is 0.496 e. The highest BCUT2D eigenvalue weighted by molar-refractivity contribution is 9.10. The number of esters is 1. The van der Waals surface area contributed by atoms with Gasteiger partial charge in [-0.05, 0) is 42.8 Å². The first kappa shape index (κ1) is 20.0. The number of benzene rings is 2. The molecule has 0 fully saturated rings. The Morgan fingerprint density at radius 1 is 1.11 bits per heavy atom. The number of halogens is 2. The van der Waals surface area contributed by atoms with Crippen molar-refractivity contribution in [2.24, 2.45) is 0 Å². The predicted octanol–water partition coefficient (Wildman–Crippen LogP) is 3.72. The normalized spacial score (nSPS) is 12.9. The lowest BCUT2D eigenvalue weighted by Crippen LogP contribution is -2.31. The topological polar surface area (TPSA) is 72.9 Å². The number of methoxy groups -OCH3 is 1. The molecule has 28 heavy (non-hydrogen) atoms. The first-order valence-electron chi connectivity index (χ1n) is 8.54. The van der Waals surface area contributed by atoms with Crippen LogP contribution in [0.2, 0.25) is 0 Å². The van der Waals surface area contributed by atoms with Crippen LogP contribution in [0.5, 0.6) is 5.75 Å². The first-order chi connectivity index (χ1) is 13.4. The van der Waals surface area contributed by atoms with Gasteiger partial charge in [-0.1, -0.05) is 15.9 Å². The van der Waals surface area contributed by atoms with Crippen molar-refractivity contribution in [3.63, 3.8) is 0 Å². The molecule has 0 unspecified atom stereocenters. The van der Waals surface area contributed by atoms with Crippen molar-refractivity contribution >= 4 is 33.7 Å². The van der Waals surface area contributed by atoms with E-state index in [1.54, 1.807) is 18.2 Å². The second-order valence-corrected chi connectivity index (χ2v) is 7.09. The van der Waals surface area contributed by atoms with Gasteiger partial charge in [-0.15, -0.1) is 0 Å². The van der Waals surface area contributed by atoms with E-state index in [0.29, 0.717) is 26.9 Å². The molecule has 2 aromatic rings. The third-order valence-corrected chi connectivity index (χ3v) is 4.82. The molecular formula is C20H17BrFNO5. The fourth-order valence-electron chi connectivity index (χ4n) is 2.94. The summed E-state index contributed by atoms with van der Waals surface area (Å²) in [7, 11) is 1.44. The van der Waals surface area contributed by atoms with Gasteiger partial charge in [-0.3, -0.25) is 19.3 Å². The lowest BCUT2D eigenvalue weighted by molar-refractivity contribution is -0.145. The zero-order chi connectivity index (χ0) is 20.3. The van der Waals surface area contributed by atoms with Crippen LogP contribution >= 0.6 is 15.9 Å². The van der Waals surface area contributed by atoms with Crippen LogP contribution in [0.1, 0.15) is 39.1 Å². The molecule has 6 nitrogen and oxygen atoms in total. The molecule has 8 heteroatoms. The van der Waals surface area contributed by atoms with Crippen molar-refractivity contribution in [2.75, 3.05) is 13.7 Å². The molecule has 146 valence electrons. The fraction of sp³-hybridized carbons (Fsp3) is 0.250. The van der Waals surface area contributed by atoms with Gasteiger partial charge in [0.05, 0.1) is 18.2 Å². The second kappa shape index (κ2) is 8.52. The van der Waals surface area contributed by atoms with E-state index >= 15 is 0 Å². The number of hydrogen-bond donors (Lipinski definition) is 0. The molecule has 0 atom stereocenters. The zero-order valence-corrected chi connectivity index (χ0v) is 16.6. The number of imide groups is 1. The van der Waals surface area contributed by atoms with Crippen molar-refractivity contribution < 1.29 is 28.2 Å². The number of ether oxygens (including phenoxy) is 2. The molecule has 0 aliphatic carbocycles. The number of fused-ring (bicyclic) bond motifs is 1. The van der Waals surface area contributed by atoms with Gasteiger partial charge in [-0.2, -0.15) is 0 Å². The van der Waals surface area contributed by atoms with Gasteiger partial charge in [0.15, 0.2) is 0 Å². The summed E-state index contributed by atoms with van der Waals surface area (Å²) in [5, 5.41) is 0. The van der Waals surface area contributed by atoms with E-state index < -0.39 is 11.8 Å². The minimum Gasteiger partial charge on any atom is -0.496 e. The molecule has 3 rings (SSSR count). The molecule has 0 bridgehead atoms. The molecule has 1 heterocycles. The maximum atomic E-state index is 13.3. The highest BCUT2D eigenvalue weighted by atomic mass is 79.9. The third-order valence-electron chi connectivity index (χ3n) is 4.33. The summed E-state index contributed by atoms with van der Waals surface area (Å²) in [6, 6.07) is 8.86. The molecule has 0 radical (unpaired) electrons. The number of carbonyl (C=O) groups excluding carboxylic acids is 3. The molecule has 0 N–H and O–H groups in total. The van der Waals surface area contributed by atoms with Gasteiger partial charge in [0.1, 0.15) is 18.2 Å². The van der Waals surface area contributed by atoms with Gasteiger partial charge < -0.3 is 9.47 Å². The molecule has 2 aromatic carbocycles. The average Bonchev–Trinajstić information content (AvgIpc) is 2.90. The Morgan fingerprint density at radius 2 is 1.86 bits per heavy atom. The Hall–Kier alpha value is -2.74. The number of amides is 2. The highest BCUT2D eigenvalue weighted by Gasteiger charge is 2.35. The minimum atomic E-state index is -0.509. The Bertz CT molecular complexity index is 946. The van der Waals surface area contributed by atoms with Gasteiger partial charge >= 0.3 is 5.97 Å². The van der Waals surface area contributed by atoms with E-state index in [1.807, 2.05) is 0 Å². The van der Waals surface area contributed by atoms with Crippen LogP contribution in [-0.4, -0.2) is 36.3 Å². The van der Waals surface area contributed by atoms with Crippen LogP contribution in [0.3, 0.4) is 0 Å². The van der Waals surface area contributed by atoms with Crippen molar-refractivity contribution in [2.45, 2.75) is 19.4 Å². The third kappa shape index (κ3) is 4.22. The second-order valence-electron chi connectivity index (χ2n) is 6.17. The van der Waals surface area contributed by atoms with E-state index in [2.05, 4.69) is 15.9 Å². The monoisotopic (exact) mass is 449 g/mol. The Kier molecular flexibility index (Phi) is 6.08. The zero-order valence-electron chi connectivity index (χ0n) is 15.0. The van der Waals surface area contributed by atoms with Crippen LogP contribution in [-0.2, 0) is 16.1 Å². The number of nitrogens with zero attached hydrogens (tertiary/aromatic N) is 1. The van der Waals surface area contributed by atoms with Crippen LogP contribution in [0.25, 0.3) is 0 Å². The average molecular weight is 450 g/mol. The lowest BCUT2D eigenvalue weighted by atomic mass is 10.1. The molecule has 1 aliphatic heterocycles. The number of carbonyl (C=O) groups is 3. The summed E-state index contributed by atoms with van der Waals surface area (Å²) in [6.45, 7) is -0.0108. The molecular weight excluding hydrogens is 433 g/mol. The minimum absolute atomic E-state index is 0.0226. The van der Waals surface area contributed by atoms with E-state index in [-0.39, 0.29) is 37.8 Å². The van der Waals surface area contributed by atoms with Crippen molar-refractivity contribution in [1.29, 1.82) is 0 Å². The van der Waals surface area contributed by atoms with Gasteiger partial charge in [0.25, 0.3) is 11.8 Å².